The van der Waals surface area contributed by atoms with Crippen LogP contribution in [-0.4, -0.2) is 11.6 Å². The maximum absolute atomic E-state index is 13.9. The maximum atomic E-state index is 13.9. The van der Waals surface area contributed by atoms with Crippen LogP contribution in [0.2, 0.25) is 0 Å². The summed E-state index contributed by atoms with van der Waals surface area (Å²) in [6, 6.07) is 9.90. The number of amidine groups is 1. The highest BCUT2D eigenvalue weighted by atomic mass is 79.9. The lowest BCUT2D eigenvalue weighted by molar-refractivity contribution is 0.440. The number of nitrogen functional groups attached to an aromatic ring is 1. The molecule has 2 aromatic carbocycles. The molecule has 0 saturated heterocycles. The number of nitrogens with two attached hydrogens (primary N) is 1. The van der Waals surface area contributed by atoms with E-state index in [4.69, 9.17) is 15.9 Å². The van der Waals surface area contributed by atoms with E-state index in [2.05, 4.69) is 15.9 Å². The number of ether oxygens (including phenoxy) is 1. The Morgan fingerprint density at radius 1 is 1.33 bits per heavy atom. The Labute approximate surface area is 135 Å². The summed E-state index contributed by atoms with van der Waals surface area (Å²) in [4.78, 5) is 0.847. The van der Waals surface area contributed by atoms with E-state index >= 15 is 0 Å². The number of hydrogen-bond donors (Lipinski definition) is 2. The van der Waals surface area contributed by atoms with Gasteiger partial charge in [0.25, 0.3) is 0 Å². The molecule has 6 heteroatoms. The first kappa shape index (κ1) is 15.9. The number of rotatable bonds is 5. The topological polar surface area (TPSA) is 59.1 Å². The number of nitrogens with one attached hydrogen (secondary N) is 1. The Morgan fingerprint density at radius 2 is 2.10 bits per heavy atom. The molecule has 0 heterocycles. The average molecular weight is 369 g/mol. The maximum Gasteiger partial charge on any atom is 0.166 e. The van der Waals surface area contributed by atoms with Crippen molar-refractivity contribution in [3.8, 4) is 11.5 Å². The molecule has 0 fully saturated rings. The SMILES string of the molecule is CCSc1cccc(Oc2ccc(Br)cc2F)c1C(=N)N. The summed E-state index contributed by atoms with van der Waals surface area (Å²) in [6.07, 6.45) is 0. The first-order chi connectivity index (χ1) is 10.0. The molecule has 0 amide bonds. The molecule has 0 spiro atoms. The third-order valence-corrected chi connectivity index (χ3v) is 4.10. The van der Waals surface area contributed by atoms with Gasteiger partial charge in [0.15, 0.2) is 11.6 Å². The molecule has 0 aliphatic carbocycles. The van der Waals surface area contributed by atoms with Gasteiger partial charge in [-0.15, -0.1) is 11.8 Å². The Morgan fingerprint density at radius 3 is 2.71 bits per heavy atom. The third-order valence-electron chi connectivity index (χ3n) is 2.67. The van der Waals surface area contributed by atoms with Crippen molar-refractivity contribution in [3.63, 3.8) is 0 Å². The molecule has 0 unspecified atom stereocenters. The molecule has 0 radical (unpaired) electrons. The van der Waals surface area contributed by atoms with E-state index in [9.17, 15) is 4.39 Å². The molecule has 3 nitrogen and oxygen atoms in total. The zero-order valence-corrected chi connectivity index (χ0v) is 13.7. The minimum atomic E-state index is -0.479. The van der Waals surface area contributed by atoms with E-state index in [1.807, 2.05) is 13.0 Å². The van der Waals surface area contributed by atoms with Gasteiger partial charge in [-0.1, -0.05) is 28.9 Å². The number of benzene rings is 2. The van der Waals surface area contributed by atoms with Crippen molar-refractivity contribution in [2.45, 2.75) is 11.8 Å². The van der Waals surface area contributed by atoms with E-state index in [-0.39, 0.29) is 11.6 Å². The van der Waals surface area contributed by atoms with Gasteiger partial charge in [0.1, 0.15) is 11.6 Å². The molecule has 0 aromatic heterocycles. The van der Waals surface area contributed by atoms with Crippen LogP contribution in [0, 0.1) is 11.2 Å². The largest absolute Gasteiger partial charge is 0.453 e. The highest BCUT2D eigenvalue weighted by Gasteiger charge is 2.15. The van der Waals surface area contributed by atoms with Crippen molar-refractivity contribution in [2.75, 3.05) is 5.75 Å². The third kappa shape index (κ3) is 3.77. The standard InChI is InChI=1S/C15H14BrFN2OS/c1-2-21-13-5-3-4-12(14(13)15(18)19)20-11-7-6-9(16)8-10(11)17/h3-8H,2H2,1H3,(H3,18,19). The van der Waals surface area contributed by atoms with Gasteiger partial charge in [-0.25, -0.2) is 4.39 Å². The van der Waals surface area contributed by atoms with Crippen LogP contribution < -0.4 is 10.5 Å². The molecular weight excluding hydrogens is 355 g/mol. The van der Waals surface area contributed by atoms with Crippen molar-refractivity contribution in [1.29, 1.82) is 5.41 Å². The van der Waals surface area contributed by atoms with Gasteiger partial charge in [-0.2, -0.15) is 0 Å². The molecule has 2 aromatic rings. The molecule has 0 aliphatic heterocycles. The van der Waals surface area contributed by atoms with Crippen molar-refractivity contribution in [3.05, 3.63) is 52.3 Å². The van der Waals surface area contributed by atoms with Crippen LogP contribution in [0.5, 0.6) is 11.5 Å². The van der Waals surface area contributed by atoms with Crippen LogP contribution in [0.15, 0.2) is 45.8 Å². The minimum absolute atomic E-state index is 0.0966. The fourth-order valence-corrected chi connectivity index (χ4v) is 2.99. The number of thioether (sulfide) groups is 1. The molecule has 2 rings (SSSR count). The quantitative estimate of drug-likeness (QED) is 0.453. The summed E-state index contributed by atoms with van der Waals surface area (Å²) >= 11 is 4.76. The highest BCUT2D eigenvalue weighted by Crippen LogP contribution is 2.34. The smallest absolute Gasteiger partial charge is 0.166 e. The Hall–Kier alpha value is -1.53. The fourth-order valence-electron chi connectivity index (χ4n) is 1.81. The molecule has 0 atom stereocenters. The monoisotopic (exact) mass is 368 g/mol. The Balaban J connectivity index is 2.43. The summed E-state index contributed by atoms with van der Waals surface area (Å²) in [5.41, 5.74) is 6.14. The first-order valence-electron chi connectivity index (χ1n) is 6.26. The van der Waals surface area contributed by atoms with Gasteiger partial charge in [0.05, 0.1) is 5.56 Å². The van der Waals surface area contributed by atoms with Gasteiger partial charge in [-0.3, -0.25) is 5.41 Å². The summed E-state index contributed by atoms with van der Waals surface area (Å²) < 4.78 is 20.1. The minimum Gasteiger partial charge on any atom is -0.453 e. The lowest BCUT2D eigenvalue weighted by Gasteiger charge is -2.14. The number of halogens is 2. The molecule has 0 saturated carbocycles. The van der Waals surface area contributed by atoms with Crippen LogP contribution in [0.3, 0.4) is 0 Å². The van der Waals surface area contributed by atoms with Crippen molar-refractivity contribution in [1.82, 2.24) is 0 Å². The zero-order chi connectivity index (χ0) is 15.4. The van der Waals surface area contributed by atoms with Crippen LogP contribution in [0.1, 0.15) is 12.5 Å². The normalized spacial score (nSPS) is 10.4. The molecule has 0 aliphatic rings. The highest BCUT2D eigenvalue weighted by molar-refractivity contribution is 9.10. The number of hydrogen-bond acceptors (Lipinski definition) is 3. The Kier molecular flexibility index (Phi) is 5.25. The van der Waals surface area contributed by atoms with Gasteiger partial charge < -0.3 is 10.5 Å². The lowest BCUT2D eigenvalue weighted by atomic mass is 10.2. The molecule has 3 N–H and O–H groups in total. The molecule has 0 bridgehead atoms. The van der Waals surface area contributed by atoms with Crippen LogP contribution in [0.4, 0.5) is 4.39 Å². The first-order valence-corrected chi connectivity index (χ1v) is 8.04. The van der Waals surface area contributed by atoms with E-state index in [0.29, 0.717) is 15.8 Å². The van der Waals surface area contributed by atoms with Gasteiger partial charge in [-0.05, 0) is 36.1 Å². The van der Waals surface area contributed by atoms with Crippen molar-refractivity contribution < 1.29 is 9.13 Å². The lowest BCUT2D eigenvalue weighted by Crippen LogP contribution is -2.14. The van der Waals surface area contributed by atoms with Gasteiger partial charge in [0, 0.05) is 9.37 Å². The fraction of sp³-hybridized carbons (Fsp3) is 0.133. The molecule has 110 valence electrons. The van der Waals surface area contributed by atoms with Crippen molar-refractivity contribution >= 4 is 33.5 Å². The second-order valence-corrected chi connectivity index (χ2v) is 6.37. The van der Waals surface area contributed by atoms with Gasteiger partial charge in [0.2, 0.25) is 0 Å². The Bertz CT molecular complexity index is 679. The predicted molar refractivity (Wildman–Crippen MR) is 88.0 cm³/mol. The van der Waals surface area contributed by atoms with Crippen LogP contribution in [-0.2, 0) is 0 Å². The second kappa shape index (κ2) is 6.95. The summed E-state index contributed by atoms with van der Waals surface area (Å²) in [5.74, 6) is 0.740. The average Bonchev–Trinajstić information content (AvgIpc) is 2.42. The zero-order valence-electron chi connectivity index (χ0n) is 11.3. The van der Waals surface area contributed by atoms with Crippen LogP contribution in [0.25, 0.3) is 0 Å². The summed E-state index contributed by atoms with van der Waals surface area (Å²) in [5, 5.41) is 7.73. The summed E-state index contributed by atoms with van der Waals surface area (Å²) in [6.45, 7) is 2.01. The van der Waals surface area contributed by atoms with E-state index < -0.39 is 5.82 Å². The van der Waals surface area contributed by atoms with Crippen molar-refractivity contribution in [2.24, 2.45) is 5.73 Å². The van der Waals surface area contributed by atoms with Gasteiger partial charge >= 0.3 is 0 Å². The predicted octanol–water partition coefficient (Wildman–Crippen LogP) is 4.78. The van der Waals surface area contributed by atoms with Crippen LogP contribution >= 0.6 is 27.7 Å². The molecule has 21 heavy (non-hydrogen) atoms. The van der Waals surface area contributed by atoms with E-state index in [1.54, 1.807) is 30.0 Å². The summed E-state index contributed by atoms with van der Waals surface area (Å²) in [7, 11) is 0. The molecular formula is C15H14BrFN2OS. The second-order valence-electron chi connectivity index (χ2n) is 4.15. The van der Waals surface area contributed by atoms with E-state index in [0.717, 1.165) is 10.6 Å². The van der Waals surface area contributed by atoms with E-state index in [1.165, 1.54) is 12.1 Å².